The van der Waals surface area contributed by atoms with Gasteiger partial charge in [-0.1, -0.05) is 20.8 Å². The number of nitrogens with one attached hydrogen (secondary N) is 1. The second-order valence-corrected chi connectivity index (χ2v) is 8.57. The summed E-state index contributed by atoms with van der Waals surface area (Å²) in [5.74, 6) is 1.82. The maximum absolute atomic E-state index is 4.76. The third kappa shape index (κ3) is 2.97. The molecule has 1 N–H and O–H groups in total. The van der Waals surface area contributed by atoms with Crippen LogP contribution in [0.15, 0.2) is 6.07 Å². The fourth-order valence-corrected chi connectivity index (χ4v) is 5.12. The number of anilines is 2. The molecule has 2 aromatic heterocycles. The summed E-state index contributed by atoms with van der Waals surface area (Å²) < 4.78 is 0. The second kappa shape index (κ2) is 6.01. The van der Waals surface area contributed by atoms with Crippen molar-refractivity contribution in [3.05, 3.63) is 10.9 Å². The van der Waals surface area contributed by atoms with Crippen molar-refractivity contribution in [3.63, 3.8) is 0 Å². The average molecular weight is 323 g/mol. The molecule has 0 spiro atoms. The molecule has 1 aliphatic heterocycles. The van der Waals surface area contributed by atoms with Gasteiger partial charge in [0.05, 0.1) is 5.39 Å². The number of hydrogen-bond acceptors (Lipinski definition) is 6. The van der Waals surface area contributed by atoms with E-state index < -0.39 is 0 Å². The fourth-order valence-electron chi connectivity index (χ4n) is 2.83. The Hall–Kier alpha value is -1.01. The van der Waals surface area contributed by atoms with Crippen LogP contribution in [-0.4, -0.2) is 40.6 Å². The molecule has 0 aromatic carbocycles. The molecule has 21 heavy (non-hydrogen) atoms. The van der Waals surface area contributed by atoms with Crippen molar-refractivity contribution in [2.24, 2.45) is 0 Å². The Balaban J connectivity index is 2.08. The Morgan fingerprint density at radius 1 is 1.29 bits per heavy atom. The number of aromatic nitrogens is 2. The molecule has 2 aromatic rings. The summed E-state index contributed by atoms with van der Waals surface area (Å²) in [6, 6.07) is 2.27. The van der Waals surface area contributed by atoms with E-state index in [-0.39, 0.29) is 0 Å². The molecule has 1 saturated heterocycles. The van der Waals surface area contributed by atoms with E-state index in [4.69, 9.17) is 4.98 Å². The molecule has 1 fully saturated rings. The summed E-state index contributed by atoms with van der Waals surface area (Å²) in [6.07, 6.45) is 1.05. The highest BCUT2D eigenvalue weighted by atomic mass is 32.2. The highest BCUT2D eigenvalue weighted by molar-refractivity contribution is 8.00. The SMILES string of the molecule is CCc1cc2c(N3CC(C)SC(C)C3)nc(NC)nc2s1. The lowest BCUT2D eigenvalue weighted by atomic mass is 10.2. The lowest BCUT2D eigenvalue weighted by Gasteiger charge is -2.35. The molecule has 3 heterocycles. The number of thioether (sulfide) groups is 1. The van der Waals surface area contributed by atoms with Gasteiger partial charge in [0.25, 0.3) is 0 Å². The highest BCUT2D eigenvalue weighted by Gasteiger charge is 2.25. The zero-order valence-electron chi connectivity index (χ0n) is 13.0. The van der Waals surface area contributed by atoms with Gasteiger partial charge in [0.15, 0.2) is 0 Å². The predicted molar refractivity (Wildman–Crippen MR) is 95.1 cm³/mol. The summed E-state index contributed by atoms with van der Waals surface area (Å²) in [5.41, 5.74) is 0. The van der Waals surface area contributed by atoms with Gasteiger partial charge in [-0.15, -0.1) is 11.3 Å². The monoisotopic (exact) mass is 322 g/mol. The standard InChI is InChI=1S/C15H22N4S2/c1-5-11-6-12-13(17-15(16-4)18-14(12)21-11)19-7-9(2)20-10(3)8-19/h6,9-10H,5,7-8H2,1-4H3,(H,16,17,18). The normalized spacial score (nSPS) is 22.8. The Morgan fingerprint density at radius 3 is 2.62 bits per heavy atom. The van der Waals surface area contributed by atoms with Crippen LogP contribution in [0.5, 0.6) is 0 Å². The molecule has 4 nitrogen and oxygen atoms in total. The number of rotatable bonds is 3. The third-order valence-electron chi connectivity index (χ3n) is 3.71. The topological polar surface area (TPSA) is 41.1 Å². The van der Waals surface area contributed by atoms with Crippen molar-refractivity contribution in [3.8, 4) is 0 Å². The number of nitrogens with zero attached hydrogens (tertiary/aromatic N) is 3. The molecule has 114 valence electrons. The quantitative estimate of drug-likeness (QED) is 0.934. The van der Waals surface area contributed by atoms with Gasteiger partial charge in [-0.25, -0.2) is 4.98 Å². The molecule has 2 unspecified atom stereocenters. The van der Waals surface area contributed by atoms with E-state index in [1.165, 1.54) is 10.3 Å². The van der Waals surface area contributed by atoms with Crippen LogP contribution in [0, 0.1) is 0 Å². The van der Waals surface area contributed by atoms with Gasteiger partial charge in [-0.2, -0.15) is 16.7 Å². The first-order valence-electron chi connectivity index (χ1n) is 7.49. The number of hydrogen-bond donors (Lipinski definition) is 1. The second-order valence-electron chi connectivity index (χ2n) is 5.57. The van der Waals surface area contributed by atoms with Gasteiger partial charge in [-0.05, 0) is 12.5 Å². The lowest BCUT2D eigenvalue weighted by Crippen LogP contribution is -2.41. The highest BCUT2D eigenvalue weighted by Crippen LogP contribution is 2.35. The Morgan fingerprint density at radius 2 is 2.00 bits per heavy atom. The summed E-state index contributed by atoms with van der Waals surface area (Å²) in [4.78, 5) is 14.3. The van der Waals surface area contributed by atoms with Gasteiger partial charge in [-0.3, -0.25) is 0 Å². The van der Waals surface area contributed by atoms with E-state index >= 15 is 0 Å². The van der Waals surface area contributed by atoms with Crippen LogP contribution in [0.3, 0.4) is 0 Å². The molecule has 0 amide bonds. The van der Waals surface area contributed by atoms with Gasteiger partial charge in [0.1, 0.15) is 10.6 Å². The Kier molecular flexibility index (Phi) is 4.26. The maximum atomic E-state index is 4.76. The van der Waals surface area contributed by atoms with E-state index in [2.05, 4.69) is 53.8 Å². The zero-order valence-corrected chi connectivity index (χ0v) is 14.6. The largest absolute Gasteiger partial charge is 0.357 e. The van der Waals surface area contributed by atoms with Gasteiger partial charge < -0.3 is 10.2 Å². The third-order valence-corrected chi connectivity index (χ3v) is 6.12. The van der Waals surface area contributed by atoms with Crippen molar-refractivity contribution < 1.29 is 0 Å². The van der Waals surface area contributed by atoms with E-state index in [1.807, 2.05) is 7.05 Å². The molecule has 0 radical (unpaired) electrons. The molecular formula is C15H22N4S2. The van der Waals surface area contributed by atoms with Crippen molar-refractivity contribution in [1.82, 2.24) is 9.97 Å². The molecule has 3 rings (SSSR count). The number of thiophene rings is 1. The zero-order chi connectivity index (χ0) is 15.0. The summed E-state index contributed by atoms with van der Waals surface area (Å²) in [7, 11) is 1.89. The van der Waals surface area contributed by atoms with Crippen LogP contribution >= 0.6 is 23.1 Å². The Labute approximate surface area is 134 Å². The number of aryl methyl sites for hydroxylation is 1. The molecule has 6 heteroatoms. The first-order chi connectivity index (χ1) is 10.1. The summed E-state index contributed by atoms with van der Waals surface area (Å²) >= 11 is 3.85. The molecule has 2 atom stereocenters. The molecule has 0 aliphatic carbocycles. The van der Waals surface area contributed by atoms with Crippen LogP contribution in [0.25, 0.3) is 10.2 Å². The van der Waals surface area contributed by atoms with Crippen LogP contribution in [0.1, 0.15) is 25.6 Å². The summed E-state index contributed by atoms with van der Waals surface area (Å²) in [5, 5.41) is 5.59. The van der Waals surface area contributed by atoms with Crippen molar-refractivity contribution in [2.45, 2.75) is 37.7 Å². The molecular weight excluding hydrogens is 300 g/mol. The lowest BCUT2D eigenvalue weighted by molar-refractivity contribution is 0.721. The van der Waals surface area contributed by atoms with Crippen LogP contribution < -0.4 is 10.2 Å². The van der Waals surface area contributed by atoms with Gasteiger partial charge >= 0.3 is 0 Å². The smallest absolute Gasteiger partial charge is 0.225 e. The minimum atomic E-state index is 0.640. The number of fused-ring (bicyclic) bond motifs is 1. The molecule has 0 saturated carbocycles. The van der Waals surface area contributed by atoms with Crippen molar-refractivity contribution in [2.75, 3.05) is 30.4 Å². The Bertz CT molecular complexity index is 630. The van der Waals surface area contributed by atoms with Crippen molar-refractivity contribution in [1.29, 1.82) is 0 Å². The first-order valence-corrected chi connectivity index (χ1v) is 9.25. The molecule has 1 aliphatic rings. The van der Waals surface area contributed by atoms with E-state index in [0.717, 1.165) is 36.1 Å². The van der Waals surface area contributed by atoms with E-state index in [1.54, 1.807) is 11.3 Å². The van der Waals surface area contributed by atoms with Crippen LogP contribution in [-0.2, 0) is 6.42 Å². The maximum Gasteiger partial charge on any atom is 0.225 e. The predicted octanol–water partition coefficient (Wildman–Crippen LogP) is 3.63. The van der Waals surface area contributed by atoms with Crippen molar-refractivity contribution >= 4 is 45.1 Å². The minimum absolute atomic E-state index is 0.640. The van der Waals surface area contributed by atoms with Gasteiger partial charge in [0, 0.05) is 35.5 Å². The van der Waals surface area contributed by atoms with Crippen LogP contribution in [0.4, 0.5) is 11.8 Å². The first kappa shape index (κ1) is 14.9. The molecule has 0 bridgehead atoms. The summed E-state index contributed by atoms with van der Waals surface area (Å²) in [6.45, 7) is 8.91. The fraction of sp³-hybridized carbons (Fsp3) is 0.600. The van der Waals surface area contributed by atoms with Gasteiger partial charge in [0.2, 0.25) is 5.95 Å². The minimum Gasteiger partial charge on any atom is -0.357 e. The van der Waals surface area contributed by atoms with E-state index in [9.17, 15) is 0 Å². The van der Waals surface area contributed by atoms with Crippen LogP contribution in [0.2, 0.25) is 0 Å². The average Bonchev–Trinajstić information content (AvgIpc) is 2.87. The van der Waals surface area contributed by atoms with E-state index in [0.29, 0.717) is 10.5 Å².